The minimum atomic E-state index is -0.493. The third-order valence-corrected chi connectivity index (χ3v) is 4.97. The smallest absolute Gasteiger partial charge is 0.327 e. The maximum Gasteiger partial charge on any atom is 0.327 e. The number of nitrogens with one attached hydrogen (secondary N) is 1. The molecule has 0 saturated heterocycles. The lowest BCUT2D eigenvalue weighted by Crippen LogP contribution is -2.61. The van der Waals surface area contributed by atoms with Gasteiger partial charge in [-0.3, -0.25) is 4.90 Å². The minimum Gasteiger partial charge on any atom is -0.468 e. The van der Waals surface area contributed by atoms with Crippen LogP contribution >= 0.6 is 0 Å². The van der Waals surface area contributed by atoms with Crippen LogP contribution in [0.1, 0.15) is 45.4 Å². The van der Waals surface area contributed by atoms with E-state index in [2.05, 4.69) is 17.1 Å². The predicted octanol–water partition coefficient (Wildman–Crippen LogP) is 1.79. The van der Waals surface area contributed by atoms with E-state index in [0.29, 0.717) is 12.0 Å². The van der Waals surface area contributed by atoms with E-state index >= 15 is 0 Å². The molecule has 110 valence electrons. The second-order valence-corrected chi connectivity index (χ2v) is 5.99. The van der Waals surface area contributed by atoms with Gasteiger partial charge in [0.2, 0.25) is 0 Å². The molecule has 2 aliphatic carbocycles. The van der Waals surface area contributed by atoms with Crippen molar-refractivity contribution in [3.05, 3.63) is 0 Å². The topological polar surface area (TPSA) is 41.6 Å². The van der Waals surface area contributed by atoms with Crippen LogP contribution in [0.5, 0.6) is 0 Å². The largest absolute Gasteiger partial charge is 0.468 e. The Morgan fingerprint density at radius 2 is 1.95 bits per heavy atom. The lowest BCUT2D eigenvalue weighted by Gasteiger charge is -2.38. The molecule has 2 aliphatic rings. The Kier molecular flexibility index (Phi) is 4.85. The molecule has 2 saturated carbocycles. The number of carbonyl (C=O) groups excluding carboxylic acids is 1. The normalized spacial score (nSPS) is 23.6. The van der Waals surface area contributed by atoms with Crippen LogP contribution in [0.15, 0.2) is 0 Å². The second kappa shape index (κ2) is 6.23. The van der Waals surface area contributed by atoms with Gasteiger partial charge in [0.25, 0.3) is 0 Å². The molecule has 0 radical (unpaired) electrons. The van der Waals surface area contributed by atoms with Crippen molar-refractivity contribution in [2.75, 3.05) is 27.2 Å². The van der Waals surface area contributed by atoms with Crippen LogP contribution < -0.4 is 5.32 Å². The SMILES string of the molecule is CCN(CC(NC)(C(=O)OC)C1CC1)C1CCCC1. The van der Waals surface area contributed by atoms with Crippen LogP contribution in [0, 0.1) is 5.92 Å². The number of hydrogen-bond donors (Lipinski definition) is 1. The quantitative estimate of drug-likeness (QED) is 0.715. The van der Waals surface area contributed by atoms with E-state index in [4.69, 9.17) is 4.74 Å². The number of likely N-dealkylation sites (N-methyl/N-ethyl adjacent to an activating group) is 2. The molecule has 19 heavy (non-hydrogen) atoms. The maximum atomic E-state index is 12.3. The van der Waals surface area contributed by atoms with Gasteiger partial charge < -0.3 is 10.1 Å². The molecule has 0 heterocycles. The molecule has 2 rings (SSSR count). The Labute approximate surface area is 116 Å². The van der Waals surface area contributed by atoms with Gasteiger partial charge in [0.15, 0.2) is 0 Å². The Morgan fingerprint density at radius 1 is 1.32 bits per heavy atom. The van der Waals surface area contributed by atoms with E-state index in [-0.39, 0.29) is 5.97 Å². The van der Waals surface area contributed by atoms with E-state index < -0.39 is 5.54 Å². The van der Waals surface area contributed by atoms with Gasteiger partial charge in [-0.05, 0) is 45.2 Å². The molecule has 2 fully saturated rings. The van der Waals surface area contributed by atoms with Crippen LogP contribution in [0.4, 0.5) is 0 Å². The number of hydrogen-bond acceptors (Lipinski definition) is 4. The second-order valence-electron chi connectivity index (χ2n) is 5.99. The van der Waals surface area contributed by atoms with Gasteiger partial charge in [-0.15, -0.1) is 0 Å². The van der Waals surface area contributed by atoms with E-state index in [1.165, 1.54) is 32.8 Å². The number of ether oxygens (including phenoxy) is 1. The number of rotatable bonds is 7. The van der Waals surface area contributed by atoms with Crippen molar-refractivity contribution in [3.8, 4) is 0 Å². The Hall–Kier alpha value is -0.610. The fourth-order valence-corrected chi connectivity index (χ4v) is 3.59. The van der Waals surface area contributed by atoms with Crippen LogP contribution in [-0.4, -0.2) is 49.7 Å². The highest BCUT2D eigenvalue weighted by Gasteiger charge is 2.52. The van der Waals surface area contributed by atoms with Gasteiger partial charge in [0.05, 0.1) is 7.11 Å². The van der Waals surface area contributed by atoms with E-state index in [9.17, 15) is 4.79 Å². The maximum absolute atomic E-state index is 12.3. The van der Waals surface area contributed by atoms with E-state index in [1.54, 1.807) is 0 Å². The molecule has 0 spiro atoms. The molecule has 4 nitrogen and oxygen atoms in total. The number of methoxy groups -OCH3 is 1. The minimum absolute atomic E-state index is 0.0889. The van der Waals surface area contributed by atoms with E-state index in [1.807, 2.05) is 7.05 Å². The van der Waals surface area contributed by atoms with E-state index in [0.717, 1.165) is 25.9 Å². The van der Waals surface area contributed by atoms with Crippen molar-refractivity contribution in [2.24, 2.45) is 5.92 Å². The molecular weight excluding hydrogens is 240 g/mol. The van der Waals surface area contributed by atoms with Crippen molar-refractivity contribution < 1.29 is 9.53 Å². The monoisotopic (exact) mass is 268 g/mol. The Bertz CT molecular complexity index is 311. The summed E-state index contributed by atoms with van der Waals surface area (Å²) in [6, 6.07) is 0.654. The summed E-state index contributed by atoms with van der Waals surface area (Å²) in [5, 5.41) is 3.30. The van der Waals surface area contributed by atoms with Gasteiger partial charge in [-0.1, -0.05) is 19.8 Å². The lowest BCUT2D eigenvalue weighted by atomic mass is 9.91. The molecule has 0 aromatic rings. The van der Waals surface area contributed by atoms with Gasteiger partial charge in [0, 0.05) is 12.6 Å². The molecule has 1 atom stereocenters. The standard InChI is InChI=1S/C15H28N2O2/c1-4-17(13-7-5-6-8-13)11-15(16-2,12-9-10-12)14(18)19-3/h12-13,16H,4-11H2,1-3H3. The fourth-order valence-electron chi connectivity index (χ4n) is 3.59. The van der Waals surface area contributed by atoms with Crippen LogP contribution in [0.3, 0.4) is 0 Å². The zero-order valence-electron chi connectivity index (χ0n) is 12.6. The summed E-state index contributed by atoms with van der Waals surface area (Å²) in [6.45, 7) is 4.00. The summed E-state index contributed by atoms with van der Waals surface area (Å²) in [4.78, 5) is 14.8. The highest BCUT2D eigenvalue weighted by molar-refractivity contribution is 5.82. The highest BCUT2D eigenvalue weighted by atomic mass is 16.5. The predicted molar refractivity (Wildman–Crippen MR) is 76.0 cm³/mol. The first-order valence-corrected chi connectivity index (χ1v) is 7.69. The van der Waals surface area contributed by atoms with Gasteiger partial charge in [-0.2, -0.15) is 0 Å². The number of carbonyl (C=O) groups is 1. The average Bonchev–Trinajstić information content (AvgIpc) is 3.15. The molecule has 0 aromatic heterocycles. The Balaban J connectivity index is 2.11. The summed E-state index contributed by atoms with van der Waals surface area (Å²) in [5.74, 6) is 0.356. The highest BCUT2D eigenvalue weighted by Crippen LogP contribution is 2.41. The summed E-state index contributed by atoms with van der Waals surface area (Å²) >= 11 is 0. The summed E-state index contributed by atoms with van der Waals surface area (Å²) < 4.78 is 5.09. The third-order valence-electron chi connectivity index (χ3n) is 4.97. The zero-order valence-corrected chi connectivity index (χ0v) is 12.6. The van der Waals surface area contributed by atoms with Crippen LogP contribution in [0.2, 0.25) is 0 Å². The molecule has 4 heteroatoms. The number of nitrogens with zero attached hydrogens (tertiary/aromatic N) is 1. The summed E-state index contributed by atoms with van der Waals surface area (Å²) in [6.07, 6.45) is 7.49. The molecule has 0 amide bonds. The molecular formula is C15H28N2O2. The molecule has 0 bridgehead atoms. The fraction of sp³-hybridized carbons (Fsp3) is 0.933. The first-order chi connectivity index (χ1) is 9.17. The van der Waals surface area contributed by atoms with Crippen molar-refractivity contribution in [3.63, 3.8) is 0 Å². The third kappa shape index (κ3) is 2.95. The van der Waals surface area contributed by atoms with Crippen LogP contribution in [-0.2, 0) is 9.53 Å². The van der Waals surface area contributed by atoms with Gasteiger partial charge in [0.1, 0.15) is 5.54 Å². The molecule has 1 unspecified atom stereocenters. The molecule has 0 aliphatic heterocycles. The number of esters is 1. The van der Waals surface area contributed by atoms with Crippen LogP contribution in [0.25, 0.3) is 0 Å². The molecule has 0 aromatic carbocycles. The van der Waals surface area contributed by atoms with Crippen molar-refractivity contribution in [2.45, 2.75) is 57.0 Å². The summed E-state index contributed by atoms with van der Waals surface area (Å²) in [7, 11) is 3.40. The average molecular weight is 268 g/mol. The van der Waals surface area contributed by atoms with Gasteiger partial charge >= 0.3 is 5.97 Å². The summed E-state index contributed by atoms with van der Waals surface area (Å²) in [5.41, 5.74) is -0.493. The first kappa shape index (κ1) is 14.8. The zero-order chi connectivity index (χ0) is 13.9. The van der Waals surface area contributed by atoms with Gasteiger partial charge in [-0.25, -0.2) is 4.79 Å². The Morgan fingerprint density at radius 3 is 2.37 bits per heavy atom. The lowest BCUT2D eigenvalue weighted by molar-refractivity contribution is -0.150. The molecule has 1 N–H and O–H groups in total. The van der Waals surface area contributed by atoms with Crippen molar-refractivity contribution >= 4 is 5.97 Å². The van der Waals surface area contributed by atoms with Crippen molar-refractivity contribution in [1.82, 2.24) is 10.2 Å². The first-order valence-electron chi connectivity index (χ1n) is 7.69. The van der Waals surface area contributed by atoms with Crippen molar-refractivity contribution in [1.29, 1.82) is 0 Å².